The lowest BCUT2D eigenvalue weighted by molar-refractivity contribution is -0.133. The number of carbonyl (C=O) groups is 1. The molecule has 1 N–H and O–H groups in total. The third kappa shape index (κ3) is 3.25. The van der Waals surface area contributed by atoms with Crippen LogP contribution in [0, 0.1) is 0 Å². The van der Waals surface area contributed by atoms with Crippen LogP contribution in [-0.4, -0.2) is 5.91 Å². The quantitative estimate of drug-likeness (QED) is 0.552. The van der Waals surface area contributed by atoms with E-state index in [2.05, 4.69) is 11.5 Å². The summed E-state index contributed by atoms with van der Waals surface area (Å²) in [5.74, 6) is -0.202. The fourth-order valence-corrected chi connectivity index (χ4v) is 2.99. The van der Waals surface area contributed by atoms with Gasteiger partial charge in [-0.15, -0.1) is 0 Å². The molecule has 1 amide bonds. The molecule has 0 unspecified atom stereocenters. The second-order valence-electron chi connectivity index (χ2n) is 5.90. The van der Waals surface area contributed by atoms with Crippen molar-refractivity contribution in [2.45, 2.75) is 13.0 Å². The van der Waals surface area contributed by atoms with Gasteiger partial charge in [-0.3, -0.25) is 9.63 Å². The Labute approximate surface area is 145 Å². The summed E-state index contributed by atoms with van der Waals surface area (Å²) in [5.41, 5.74) is 5.14. The molecule has 25 heavy (non-hydrogen) atoms. The van der Waals surface area contributed by atoms with Gasteiger partial charge in [-0.25, -0.2) is 5.48 Å². The first-order chi connectivity index (χ1) is 12.3. The first-order valence-electron chi connectivity index (χ1n) is 8.13. The molecule has 4 rings (SSSR count). The SMILES string of the molecule is O=C(Cc1coc2ccc3ccccc3c12)NOCc1ccccc1. The Hall–Kier alpha value is -3.11. The number of hydrogen-bond acceptors (Lipinski definition) is 3. The van der Waals surface area contributed by atoms with Crippen molar-refractivity contribution in [2.75, 3.05) is 0 Å². The first-order valence-corrected chi connectivity index (χ1v) is 8.13. The standard InChI is InChI=1S/C21H17NO3/c23-20(22-25-13-15-6-2-1-3-7-15)12-17-14-24-19-11-10-16-8-4-5-9-18(16)21(17)19/h1-11,14H,12-13H2,(H,22,23). The van der Waals surface area contributed by atoms with Gasteiger partial charge in [0.15, 0.2) is 0 Å². The number of furan rings is 1. The van der Waals surface area contributed by atoms with Crippen LogP contribution in [0.4, 0.5) is 0 Å². The molecule has 4 aromatic rings. The highest BCUT2D eigenvalue weighted by molar-refractivity contribution is 6.08. The number of hydroxylamine groups is 1. The minimum absolute atomic E-state index is 0.202. The van der Waals surface area contributed by atoms with E-state index < -0.39 is 0 Å². The summed E-state index contributed by atoms with van der Waals surface area (Å²) in [6, 6.07) is 21.7. The molecule has 0 aliphatic carbocycles. The molecule has 124 valence electrons. The maximum atomic E-state index is 12.2. The van der Waals surface area contributed by atoms with E-state index in [0.717, 1.165) is 32.9 Å². The Balaban J connectivity index is 1.49. The van der Waals surface area contributed by atoms with Crippen LogP contribution in [0.2, 0.25) is 0 Å². The summed E-state index contributed by atoms with van der Waals surface area (Å²) in [6.45, 7) is 0.335. The second-order valence-corrected chi connectivity index (χ2v) is 5.90. The number of nitrogens with one attached hydrogen (secondary N) is 1. The number of carbonyl (C=O) groups excluding carboxylic acids is 1. The third-order valence-electron chi connectivity index (χ3n) is 4.16. The van der Waals surface area contributed by atoms with Crippen LogP contribution >= 0.6 is 0 Å². The van der Waals surface area contributed by atoms with E-state index in [-0.39, 0.29) is 12.3 Å². The van der Waals surface area contributed by atoms with E-state index in [1.165, 1.54) is 0 Å². The fraction of sp³-hybridized carbons (Fsp3) is 0.0952. The average Bonchev–Trinajstić information content (AvgIpc) is 3.06. The van der Waals surface area contributed by atoms with E-state index in [1.807, 2.05) is 60.7 Å². The van der Waals surface area contributed by atoms with Gasteiger partial charge in [-0.1, -0.05) is 60.7 Å². The number of rotatable bonds is 5. The molecular weight excluding hydrogens is 314 g/mol. The Morgan fingerprint density at radius 3 is 2.64 bits per heavy atom. The largest absolute Gasteiger partial charge is 0.464 e. The van der Waals surface area contributed by atoms with Crippen LogP contribution < -0.4 is 5.48 Å². The van der Waals surface area contributed by atoms with Gasteiger partial charge in [0.2, 0.25) is 5.91 Å². The smallest absolute Gasteiger partial charge is 0.248 e. The number of benzene rings is 3. The van der Waals surface area contributed by atoms with Crippen molar-refractivity contribution in [1.29, 1.82) is 0 Å². The number of amides is 1. The van der Waals surface area contributed by atoms with E-state index in [0.29, 0.717) is 6.61 Å². The molecule has 0 saturated heterocycles. The zero-order valence-electron chi connectivity index (χ0n) is 13.6. The Bertz CT molecular complexity index is 1020. The zero-order chi connectivity index (χ0) is 17.1. The Morgan fingerprint density at radius 1 is 0.960 bits per heavy atom. The molecule has 0 fully saturated rings. The number of hydrogen-bond donors (Lipinski definition) is 1. The molecule has 0 aliphatic heterocycles. The summed E-state index contributed by atoms with van der Waals surface area (Å²) >= 11 is 0. The van der Waals surface area contributed by atoms with Crippen molar-refractivity contribution < 1.29 is 14.0 Å². The minimum Gasteiger partial charge on any atom is -0.464 e. The summed E-state index contributed by atoms with van der Waals surface area (Å²) in [4.78, 5) is 17.5. The lowest BCUT2D eigenvalue weighted by atomic mass is 10.0. The first kappa shape index (κ1) is 15.4. The van der Waals surface area contributed by atoms with E-state index >= 15 is 0 Å². The summed E-state index contributed by atoms with van der Waals surface area (Å²) in [5, 5.41) is 3.19. The molecular formula is C21H17NO3. The lowest BCUT2D eigenvalue weighted by Gasteiger charge is -2.06. The molecule has 0 saturated carbocycles. The van der Waals surface area contributed by atoms with Gasteiger partial charge < -0.3 is 4.42 Å². The highest BCUT2D eigenvalue weighted by Crippen LogP contribution is 2.30. The predicted molar refractivity (Wildman–Crippen MR) is 96.8 cm³/mol. The van der Waals surface area contributed by atoms with Gasteiger partial charge in [-0.2, -0.15) is 0 Å². The maximum absolute atomic E-state index is 12.2. The molecule has 0 spiro atoms. The van der Waals surface area contributed by atoms with Crippen LogP contribution in [0.25, 0.3) is 21.7 Å². The maximum Gasteiger partial charge on any atom is 0.248 e. The average molecular weight is 331 g/mol. The van der Waals surface area contributed by atoms with Crippen molar-refractivity contribution >= 4 is 27.6 Å². The molecule has 1 aromatic heterocycles. The van der Waals surface area contributed by atoms with Crippen molar-refractivity contribution in [2.24, 2.45) is 0 Å². The Kier molecular flexibility index (Phi) is 4.19. The van der Waals surface area contributed by atoms with Gasteiger partial charge in [0, 0.05) is 10.9 Å². The van der Waals surface area contributed by atoms with Gasteiger partial charge in [0.1, 0.15) is 5.58 Å². The Morgan fingerprint density at radius 2 is 1.76 bits per heavy atom. The van der Waals surface area contributed by atoms with Crippen LogP contribution in [0.1, 0.15) is 11.1 Å². The predicted octanol–water partition coefficient (Wildman–Crippen LogP) is 4.38. The summed E-state index contributed by atoms with van der Waals surface area (Å²) in [7, 11) is 0. The van der Waals surface area contributed by atoms with E-state index in [9.17, 15) is 4.79 Å². The molecule has 0 radical (unpaired) electrons. The normalized spacial score (nSPS) is 11.0. The third-order valence-corrected chi connectivity index (χ3v) is 4.16. The van der Waals surface area contributed by atoms with Crippen LogP contribution in [-0.2, 0) is 22.7 Å². The van der Waals surface area contributed by atoms with Crippen molar-refractivity contribution in [1.82, 2.24) is 5.48 Å². The van der Waals surface area contributed by atoms with Gasteiger partial charge >= 0.3 is 0 Å². The van der Waals surface area contributed by atoms with Crippen molar-refractivity contribution in [3.63, 3.8) is 0 Å². The van der Waals surface area contributed by atoms with E-state index in [1.54, 1.807) is 6.26 Å². The molecule has 0 aliphatic rings. The van der Waals surface area contributed by atoms with Gasteiger partial charge in [0.05, 0.1) is 19.3 Å². The highest BCUT2D eigenvalue weighted by atomic mass is 16.6. The molecule has 0 atom stereocenters. The van der Waals surface area contributed by atoms with Crippen LogP contribution in [0.15, 0.2) is 77.4 Å². The molecule has 4 heteroatoms. The van der Waals surface area contributed by atoms with Gasteiger partial charge in [0.25, 0.3) is 0 Å². The molecule has 3 aromatic carbocycles. The summed E-state index contributed by atoms with van der Waals surface area (Å²) in [6.07, 6.45) is 1.85. The number of fused-ring (bicyclic) bond motifs is 3. The van der Waals surface area contributed by atoms with Crippen LogP contribution in [0.3, 0.4) is 0 Å². The van der Waals surface area contributed by atoms with Crippen LogP contribution in [0.5, 0.6) is 0 Å². The zero-order valence-corrected chi connectivity index (χ0v) is 13.6. The monoisotopic (exact) mass is 331 g/mol. The lowest BCUT2D eigenvalue weighted by Crippen LogP contribution is -2.25. The minimum atomic E-state index is -0.202. The molecule has 4 nitrogen and oxygen atoms in total. The van der Waals surface area contributed by atoms with Gasteiger partial charge in [-0.05, 0) is 22.4 Å². The van der Waals surface area contributed by atoms with E-state index in [4.69, 9.17) is 9.25 Å². The highest BCUT2D eigenvalue weighted by Gasteiger charge is 2.13. The van der Waals surface area contributed by atoms with Crippen molar-refractivity contribution in [3.8, 4) is 0 Å². The molecule has 0 bridgehead atoms. The molecule has 1 heterocycles. The summed E-state index contributed by atoms with van der Waals surface area (Å²) < 4.78 is 5.61. The fourth-order valence-electron chi connectivity index (χ4n) is 2.99. The topological polar surface area (TPSA) is 51.5 Å². The van der Waals surface area contributed by atoms with Crippen molar-refractivity contribution in [3.05, 3.63) is 84.1 Å². The second kappa shape index (κ2) is 6.79.